The van der Waals surface area contributed by atoms with E-state index in [-0.39, 0.29) is 5.69 Å². The largest absolute Gasteiger partial charge is 0.477 e. The van der Waals surface area contributed by atoms with Gasteiger partial charge in [0.05, 0.1) is 5.69 Å². The molecule has 0 unspecified atom stereocenters. The SMILES string of the molecule is Cc1cc(-c2cc(C(=O)O)n(C)n2)on1. The second-order valence-corrected chi connectivity index (χ2v) is 3.18. The van der Waals surface area contributed by atoms with Crippen molar-refractivity contribution in [3.8, 4) is 11.5 Å². The number of hydrogen-bond donors (Lipinski definition) is 1. The number of aromatic carboxylic acids is 1. The van der Waals surface area contributed by atoms with Crippen molar-refractivity contribution < 1.29 is 14.4 Å². The van der Waals surface area contributed by atoms with Crippen LogP contribution in [-0.4, -0.2) is 26.0 Å². The lowest BCUT2D eigenvalue weighted by molar-refractivity contribution is 0.0685. The Morgan fingerprint density at radius 2 is 2.27 bits per heavy atom. The Balaban J connectivity index is 2.46. The van der Waals surface area contributed by atoms with Gasteiger partial charge < -0.3 is 9.63 Å². The number of rotatable bonds is 2. The second-order valence-electron chi connectivity index (χ2n) is 3.18. The molecule has 2 aromatic rings. The molecule has 15 heavy (non-hydrogen) atoms. The summed E-state index contributed by atoms with van der Waals surface area (Å²) in [4.78, 5) is 10.8. The van der Waals surface area contributed by atoms with E-state index in [0.29, 0.717) is 11.5 Å². The maximum absolute atomic E-state index is 10.8. The minimum atomic E-state index is -1.02. The second kappa shape index (κ2) is 3.23. The Hall–Kier alpha value is -2.11. The van der Waals surface area contributed by atoms with E-state index in [1.807, 2.05) is 0 Å². The zero-order valence-electron chi connectivity index (χ0n) is 8.26. The number of nitrogens with zero attached hydrogens (tertiary/aromatic N) is 3. The topological polar surface area (TPSA) is 81.1 Å². The highest BCUT2D eigenvalue weighted by atomic mass is 16.5. The molecule has 0 spiro atoms. The molecule has 0 aliphatic rings. The van der Waals surface area contributed by atoms with Crippen molar-refractivity contribution in [2.75, 3.05) is 0 Å². The molecule has 0 aliphatic heterocycles. The molecular weight excluding hydrogens is 198 g/mol. The summed E-state index contributed by atoms with van der Waals surface area (Å²) in [6.07, 6.45) is 0. The van der Waals surface area contributed by atoms with Crippen molar-refractivity contribution in [2.45, 2.75) is 6.92 Å². The van der Waals surface area contributed by atoms with Crippen LogP contribution in [-0.2, 0) is 7.05 Å². The highest BCUT2D eigenvalue weighted by Crippen LogP contribution is 2.19. The molecule has 0 saturated carbocycles. The van der Waals surface area contributed by atoms with Crippen molar-refractivity contribution in [2.24, 2.45) is 7.05 Å². The fraction of sp³-hybridized carbons (Fsp3) is 0.222. The quantitative estimate of drug-likeness (QED) is 0.796. The first-order chi connectivity index (χ1) is 7.08. The van der Waals surface area contributed by atoms with E-state index in [4.69, 9.17) is 9.63 Å². The molecule has 0 atom stereocenters. The van der Waals surface area contributed by atoms with Crippen LogP contribution in [0, 0.1) is 6.92 Å². The zero-order chi connectivity index (χ0) is 11.0. The molecule has 0 fully saturated rings. The predicted octanol–water partition coefficient (Wildman–Crippen LogP) is 1.08. The molecule has 2 rings (SSSR count). The maximum atomic E-state index is 10.8. The van der Waals surface area contributed by atoms with Crippen LogP contribution in [0.2, 0.25) is 0 Å². The number of carboxylic acids is 1. The van der Waals surface area contributed by atoms with E-state index in [0.717, 1.165) is 5.69 Å². The van der Waals surface area contributed by atoms with Gasteiger partial charge in [-0.3, -0.25) is 4.68 Å². The third-order valence-corrected chi connectivity index (χ3v) is 1.98. The first kappa shape index (κ1) is 9.45. The van der Waals surface area contributed by atoms with Gasteiger partial charge >= 0.3 is 5.97 Å². The number of hydrogen-bond acceptors (Lipinski definition) is 4. The molecule has 0 aliphatic carbocycles. The average molecular weight is 207 g/mol. The lowest BCUT2D eigenvalue weighted by Gasteiger charge is -1.91. The molecule has 78 valence electrons. The van der Waals surface area contributed by atoms with Gasteiger partial charge in [0.1, 0.15) is 11.4 Å². The van der Waals surface area contributed by atoms with Crippen molar-refractivity contribution in [1.82, 2.24) is 14.9 Å². The van der Waals surface area contributed by atoms with E-state index in [9.17, 15) is 4.79 Å². The predicted molar refractivity (Wildman–Crippen MR) is 50.4 cm³/mol. The van der Waals surface area contributed by atoms with Crippen molar-refractivity contribution in [3.63, 3.8) is 0 Å². The molecule has 0 aromatic carbocycles. The summed E-state index contributed by atoms with van der Waals surface area (Å²) in [5.41, 5.74) is 1.31. The van der Waals surface area contributed by atoms with E-state index in [1.165, 1.54) is 10.7 Å². The Morgan fingerprint density at radius 3 is 2.73 bits per heavy atom. The van der Waals surface area contributed by atoms with Crippen LogP contribution in [0.15, 0.2) is 16.7 Å². The third kappa shape index (κ3) is 1.61. The van der Waals surface area contributed by atoms with Gasteiger partial charge in [0, 0.05) is 19.2 Å². The van der Waals surface area contributed by atoms with E-state index in [1.54, 1.807) is 20.0 Å². The molecule has 0 saturated heterocycles. The van der Waals surface area contributed by atoms with Crippen LogP contribution >= 0.6 is 0 Å². The van der Waals surface area contributed by atoms with Gasteiger partial charge in [-0.1, -0.05) is 5.16 Å². The number of aromatic nitrogens is 3. The lowest BCUT2D eigenvalue weighted by Crippen LogP contribution is -2.04. The highest BCUT2D eigenvalue weighted by Gasteiger charge is 2.15. The van der Waals surface area contributed by atoms with Gasteiger partial charge in [0.2, 0.25) is 0 Å². The number of carbonyl (C=O) groups is 1. The Bertz CT molecular complexity index is 512. The molecule has 6 heteroatoms. The van der Waals surface area contributed by atoms with Crippen molar-refractivity contribution >= 4 is 5.97 Å². The van der Waals surface area contributed by atoms with Gasteiger partial charge in [0.25, 0.3) is 0 Å². The molecule has 0 radical (unpaired) electrons. The Morgan fingerprint density at radius 1 is 1.53 bits per heavy atom. The minimum absolute atomic E-state index is 0.110. The van der Waals surface area contributed by atoms with Crippen molar-refractivity contribution in [1.29, 1.82) is 0 Å². The van der Waals surface area contributed by atoms with Gasteiger partial charge in [-0.05, 0) is 6.92 Å². The van der Waals surface area contributed by atoms with Gasteiger partial charge in [-0.15, -0.1) is 0 Å². The summed E-state index contributed by atoms with van der Waals surface area (Å²) in [7, 11) is 1.57. The molecular formula is C9H9N3O3. The fourth-order valence-corrected chi connectivity index (χ4v) is 1.27. The first-order valence-electron chi connectivity index (χ1n) is 4.29. The van der Waals surface area contributed by atoms with E-state index < -0.39 is 5.97 Å². The fourth-order valence-electron chi connectivity index (χ4n) is 1.27. The molecule has 1 N–H and O–H groups in total. The van der Waals surface area contributed by atoms with Gasteiger partial charge in [-0.25, -0.2) is 4.79 Å². The van der Waals surface area contributed by atoms with Crippen molar-refractivity contribution in [3.05, 3.63) is 23.5 Å². The summed E-state index contributed by atoms with van der Waals surface area (Å²) >= 11 is 0. The number of carboxylic acid groups (broad SMARTS) is 1. The van der Waals surface area contributed by atoms with Gasteiger partial charge in [-0.2, -0.15) is 5.10 Å². The number of aryl methyl sites for hydroxylation is 2. The molecule has 2 heterocycles. The van der Waals surface area contributed by atoms with E-state index >= 15 is 0 Å². The van der Waals surface area contributed by atoms with Crippen LogP contribution in [0.3, 0.4) is 0 Å². The first-order valence-corrected chi connectivity index (χ1v) is 4.29. The van der Waals surface area contributed by atoms with Crippen LogP contribution in [0.5, 0.6) is 0 Å². The van der Waals surface area contributed by atoms with E-state index in [2.05, 4.69) is 10.3 Å². The summed E-state index contributed by atoms with van der Waals surface area (Å²) in [5, 5.41) is 16.5. The summed E-state index contributed by atoms with van der Waals surface area (Å²) in [6, 6.07) is 3.15. The maximum Gasteiger partial charge on any atom is 0.354 e. The normalized spacial score (nSPS) is 10.5. The monoisotopic (exact) mass is 207 g/mol. The smallest absolute Gasteiger partial charge is 0.354 e. The molecule has 0 amide bonds. The summed E-state index contributed by atoms with van der Waals surface area (Å²) in [6.45, 7) is 1.79. The molecule has 0 bridgehead atoms. The Labute approximate surface area is 85.1 Å². The summed E-state index contributed by atoms with van der Waals surface area (Å²) < 4.78 is 6.27. The van der Waals surface area contributed by atoms with Crippen LogP contribution in [0.25, 0.3) is 11.5 Å². The molecule has 2 aromatic heterocycles. The zero-order valence-corrected chi connectivity index (χ0v) is 8.26. The average Bonchev–Trinajstić information content (AvgIpc) is 2.71. The van der Waals surface area contributed by atoms with Crippen LogP contribution < -0.4 is 0 Å². The standard InChI is InChI=1S/C9H9N3O3/c1-5-3-8(15-11-5)6-4-7(9(13)14)12(2)10-6/h3-4H,1-2H3,(H,13,14). The third-order valence-electron chi connectivity index (χ3n) is 1.98. The van der Waals surface area contributed by atoms with Gasteiger partial charge in [0.15, 0.2) is 5.76 Å². The van der Waals surface area contributed by atoms with Crippen LogP contribution in [0.1, 0.15) is 16.2 Å². The summed E-state index contributed by atoms with van der Waals surface area (Å²) in [5.74, 6) is -0.553. The highest BCUT2D eigenvalue weighted by molar-refractivity contribution is 5.86. The molecule has 6 nitrogen and oxygen atoms in total. The lowest BCUT2D eigenvalue weighted by atomic mass is 10.3. The Kier molecular flexibility index (Phi) is 2.03. The van der Waals surface area contributed by atoms with Crippen LogP contribution in [0.4, 0.5) is 0 Å². The minimum Gasteiger partial charge on any atom is -0.477 e.